The maximum atomic E-state index is 11.5. The van der Waals surface area contributed by atoms with Crippen LogP contribution >= 0.6 is 0 Å². The Labute approximate surface area is 136 Å². The largest absolute Gasteiger partial charge is 0.481 e. The minimum Gasteiger partial charge on any atom is -0.481 e. The highest BCUT2D eigenvalue weighted by Gasteiger charge is 2.21. The number of carboxylic acids is 1. The summed E-state index contributed by atoms with van der Waals surface area (Å²) < 4.78 is 6.87. The van der Waals surface area contributed by atoms with Gasteiger partial charge in [0.05, 0.1) is 28.7 Å². The Morgan fingerprint density at radius 1 is 1.33 bits per heavy atom. The third kappa shape index (κ3) is 2.73. The fourth-order valence-corrected chi connectivity index (χ4v) is 2.77. The molecule has 0 fully saturated rings. The van der Waals surface area contributed by atoms with E-state index in [1.54, 1.807) is 36.6 Å². The number of aromatic nitrogens is 3. The van der Waals surface area contributed by atoms with Crippen molar-refractivity contribution in [3.8, 4) is 11.4 Å². The number of aryl methyl sites for hydroxylation is 2. The van der Waals surface area contributed by atoms with E-state index in [0.717, 1.165) is 0 Å². The molecule has 0 aliphatic rings. The van der Waals surface area contributed by atoms with E-state index in [-0.39, 0.29) is 13.0 Å². The number of hydrogen-bond acceptors (Lipinski definition) is 5. The quantitative estimate of drug-likeness (QED) is 0.730. The first kappa shape index (κ1) is 15.7. The van der Waals surface area contributed by atoms with Crippen molar-refractivity contribution in [1.82, 2.24) is 14.7 Å². The van der Waals surface area contributed by atoms with Gasteiger partial charge in [-0.3, -0.25) is 9.59 Å². The van der Waals surface area contributed by atoms with E-state index < -0.39 is 11.9 Å². The van der Waals surface area contributed by atoms with Crippen LogP contribution in [-0.4, -0.2) is 31.7 Å². The normalized spacial score (nSPS) is 11.1. The Hall–Kier alpha value is -3.16. The third-order valence-electron chi connectivity index (χ3n) is 3.74. The molecule has 0 spiro atoms. The first-order valence-electron chi connectivity index (χ1n) is 7.29. The molecular formula is C16H16N4O4. The summed E-state index contributed by atoms with van der Waals surface area (Å²) >= 11 is 0. The number of carbonyl (C=O) groups is 2. The second-order valence-corrected chi connectivity index (χ2v) is 5.58. The summed E-state index contributed by atoms with van der Waals surface area (Å²) in [6, 6.07) is 5.14. The SMILES string of the molecule is Cc1noc(C)c1-c1nc2cc(CC(=O)O)ccc2n1CC(N)=O. The fraction of sp³-hybridized carbons (Fsp3) is 0.250. The number of imidazole rings is 1. The number of carbonyl (C=O) groups excluding carboxylic acids is 1. The lowest BCUT2D eigenvalue weighted by molar-refractivity contribution is -0.136. The summed E-state index contributed by atoms with van der Waals surface area (Å²) in [5, 5.41) is 12.9. The lowest BCUT2D eigenvalue weighted by atomic mass is 10.1. The molecule has 0 radical (unpaired) electrons. The maximum absolute atomic E-state index is 11.5. The monoisotopic (exact) mass is 328 g/mol. The molecule has 0 atom stereocenters. The number of aliphatic carboxylic acids is 1. The molecule has 3 rings (SSSR count). The number of nitrogens with two attached hydrogens (primary N) is 1. The van der Waals surface area contributed by atoms with E-state index in [1.165, 1.54) is 0 Å². The molecule has 2 aromatic heterocycles. The van der Waals surface area contributed by atoms with Gasteiger partial charge in [0.2, 0.25) is 5.91 Å². The first-order valence-corrected chi connectivity index (χ1v) is 7.29. The molecule has 24 heavy (non-hydrogen) atoms. The average Bonchev–Trinajstić information content (AvgIpc) is 2.98. The van der Waals surface area contributed by atoms with Crippen LogP contribution in [0.4, 0.5) is 0 Å². The van der Waals surface area contributed by atoms with Gasteiger partial charge in [0.1, 0.15) is 18.1 Å². The number of nitrogens with zero attached hydrogens (tertiary/aromatic N) is 3. The minimum atomic E-state index is -0.920. The van der Waals surface area contributed by atoms with Crippen LogP contribution in [0.15, 0.2) is 22.7 Å². The van der Waals surface area contributed by atoms with Gasteiger partial charge in [-0.05, 0) is 31.5 Å². The van der Waals surface area contributed by atoms with Crippen LogP contribution in [0.1, 0.15) is 17.0 Å². The van der Waals surface area contributed by atoms with E-state index in [0.29, 0.717) is 39.4 Å². The lowest BCUT2D eigenvalue weighted by Gasteiger charge is -2.06. The van der Waals surface area contributed by atoms with Gasteiger partial charge in [-0.15, -0.1) is 0 Å². The zero-order chi connectivity index (χ0) is 17.4. The molecule has 1 amide bonds. The first-order chi connectivity index (χ1) is 11.4. The van der Waals surface area contributed by atoms with Gasteiger partial charge < -0.3 is 19.9 Å². The van der Waals surface area contributed by atoms with Gasteiger partial charge in [0.25, 0.3) is 0 Å². The Balaban J connectivity index is 2.23. The molecule has 0 unspecified atom stereocenters. The highest BCUT2D eigenvalue weighted by atomic mass is 16.5. The molecule has 124 valence electrons. The van der Waals surface area contributed by atoms with E-state index in [4.69, 9.17) is 15.4 Å². The smallest absolute Gasteiger partial charge is 0.307 e. The third-order valence-corrected chi connectivity index (χ3v) is 3.74. The molecule has 0 aliphatic carbocycles. The van der Waals surface area contributed by atoms with E-state index >= 15 is 0 Å². The van der Waals surface area contributed by atoms with Crippen molar-refractivity contribution in [3.05, 3.63) is 35.2 Å². The zero-order valence-electron chi connectivity index (χ0n) is 13.2. The summed E-state index contributed by atoms with van der Waals surface area (Å²) in [6.07, 6.45) is -0.0979. The van der Waals surface area contributed by atoms with Crippen molar-refractivity contribution in [3.63, 3.8) is 0 Å². The Morgan fingerprint density at radius 2 is 2.08 bits per heavy atom. The van der Waals surface area contributed by atoms with Crippen LogP contribution in [0.5, 0.6) is 0 Å². The Morgan fingerprint density at radius 3 is 2.67 bits per heavy atom. The fourth-order valence-electron chi connectivity index (χ4n) is 2.77. The van der Waals surface area contributed by atoms with Crippen molar-refractivity contribution in [1.29, 1.82) is 0 Å². The molecular weight excluding hydrogens is 312 g/mol. The maximum Gasteiger partial charge on any atom is 0.307 e. The van der Waals surface area contributed by atoms with Gasteiger partial charge in [0, 0.05) is 0 Å². The molecule has 3 N–H and O–H groups in total. The van der Waals surface area contributed by atoms with E-state index in [2.05, 4.69) is 10.1 Å². The molecule has 3 aromatic rings. The van der Waals surface area contributed by atoms with Crippen molar-refractivity contribution in [2.75, 3.05) is 0 Å². The predicted octanol–water partition coefficient (Wildman–Crippen LogP) is 1.42. The second-order valence-electron chi connectivity index (χ2n) is 5.58. The lowest BCUT2D eigenvalue weighted by Crippen LogP contribution is -2.19. The highest BCUT2D eigenvalue weighted by Crippen LogP contribution is 2.30. The molecule has 0 saturated carbocycles. The number of carboxylic acid groups (broad SMARTS) is 1. The summed E-state index contributed by atoms with van der Waals surface area (Å²) in [6.45, 7) is 3.50. The standard InChI is InChI=1S/C16H16N4O4/c1-8-15(9(2)24-19-8)16-18-11-5-10(6-14(22)23)3-4-12(11)20(16)7-13(17)21/h3-5H,6-7H2,1-2H3,(H2,17,21)(H,22,23). The van der Waals surface area contributed by atoms with Gasteiger partial charge in [-0.1, -0.05) is 11.2 Å². The molecule has 0 aliphatic heterocycles. The van der Waals surface area contributed by atoms with Crippen molar-refractivity contribution in [2.45, 2.75) is 26.8 Å². The van der Waals surface area contributed by atoms with Gasteiger partial charge >= 0.3 is 5.97 Å². The molecule has 0 bridgehead atoms. The zero-order valence-corrected chi connectivity index (χ0v) is 13.2. The molecule has 8 heteroatoms. The van der Waals surface area contributed by atoms with Crippen LogP contribution in [0.3, 0.4) is 0 Å². The van der Waals surface area contributed by atoms with Gasteiger partial charge in [0.15, 0.2) is 0 Å². The Bertz CT molecular complexity index is 935. The number of rotatable bonds is 5. The molecule has 1 aromatic carbocycles. The summed E-state index contributed by atoms with van der Waals surface area (Å²) in [7, 11) is 0. The van der Waals surface area contributed by atoms with Gasteiger partial charge in [-0.2, -0.15) is 0 Å². The van der Waals surface area contributed by atoms with E-state index in [1.807, 2.05) is 0 Å². The summed E-state index contributed by atoms with van der Waals surface area (Å²) in [5.74, 6) is -0.319. The van der Waals surface area contributed by atoms with Crippen LogP contribution in [0, 0.1) is 13.8 Å². The van der Waals surface area contributed by atoms with Crippen LogP contribution in [0.25, 0.3) is 22.4 Å². The van der Waals surface area contributed by atoms with Crippen molar-refractivity contribution in [2.24, 2.45) is 5.73 Å². The second kappa shape index (κ2) is 5.80. The van der Waals surface area contributed by atoms with Crippen molar-refractivity contribution < 1.29 is 19.2 Å². The molecule has 8 nitrogen and oxygen atoms in total. The highest BCUT2D eigenvalue weighted by molar-refractivity contribution is 5.85. The molecule has 0 saturated heterocycles. The van der Waals surface area contributed by atoms with Crippen LogP contribution < -0.4 is 5.73 Å². The topological polar surface area (TPSA) is 124 Å². The average molecular weight is 328 g/mol. The summed E-state index contributed by atoms with van der Waals surface area (Å²) in [4.78, 5) is 26.9. The van der Waals surface area contributed by atoms with Crippen LogP contribution in [-0.2, 0) is 22.6 Å². The number of benzene rings is 1. The van der Waals surface area contributed by atoms with Crippen molar-refractivity contribution >= 4 is 22.9 Å². The minimum absolute atomic E-state index is 0.0474. The number of fused-ring (bicyclic) bond motifs is 1. The van der Waals surface area contributed by atoms with E-state index in [9.17, 15) is 9.59 Å². The van der Waals surface area contributed by atoms with Gasteiger partial charge in [-0.25, -0.2) is 4.98 Å². The predicted molar refractivity (Wildman–Crippen MR) is 85.2 cm³/mol. The number of primary amides is 1. The number of amides is 1. The Kier molecular flexibility index (Phi) is 3.80. The molecule has 2 heterocycles. The van der Waals surface area contributed by atoms with Crippen LogP contribution in [0.2, 0.25) is 0 Å². The number of hydrogen-bond donors (Lipinski definition) is 2. The summed E-state index contributed by atoms with van der Waals surface area (Å²) in [5.41, 5.74) is 8.63.